The molecule has 0 aliphatic heterocycles. The second-order valence-corrected chi connectivity index (χ2v) is 5.99. The zero-order valence-electron chi connectivity index (χ0n) is 11.5. The largest absolute Gasteiger partial charge is 0.427 e. The van der Waals surface area contributed by atoms with Gasteiger partial charge in [-0.15, -0.1) is 11.3 Å². The van der Waals surface area contributed by atoms with E-state index in [4.69, 9.17) is 16.3 Å². The third kappa shape index (κ3) is 3.63. The number of aryl methyl sites for hydroxylation is 1. The predicted octanol–water partition coefficient (Wildman–Crippen LogP) is 3.12. The number of nitrogens with one attached hydrogen (secondary N) is 1. The molecule has 1 N–H and O–H groups in total. The second-order valence-electron chi connectivity index (χ2n) is 4.67. The van der Waals surface area contributed by atoms with E-state index in [9.17, 15) is 0 Å². The van der Waals surface area contributed by atoms with Crippen LogP contribution in [0.25, 0.3) is 10.1 Å². The van der Waals surface area contributed by atoms with Crippen LogP contribution in [0, 0.1) is 6.92 Å². The number of hydrogen-bond acceptors (Lipinski definition) is 4. The maximum atomic E-state index is 6.18. The van der Waals surface area contributed by atoms with Gasteiger partial charge in [0.1, 0.15) is 0 Å². The van der Waals surface area contributed by atoms with Crippen molar-refractivity contribution in [3.63, 3.8) is 0 Å². The van der Waals surface area contributed by atoms with Crippen LogP contribution in [0.5, 0.6) is 0 Å². The molecule has 1 aromatic heterocycles. The van der Waals surface area contributed by atoms with Crippen molar-refractivity contribution in [2.24, 2.45) is 0 Å². The first kappa shape index (κ1) is 14.7. The number of thiophene rings is 1. The Bertz CT molecular complexity index is 561. The number of halogens is 1. The van der Waals surface area contributed by atoms with Crippen molar-refractivity contribution < 1.29 is 4.65 Å². The van der Waals surface area contributed by atoms with Gasteiger partial charge in [-0.3, -0.25) is 0 Å². The summed E-state index contributed by atoms with van der Waals surface area (Å²) < 4.78 is 6.35. The third-order valence-electron chi connectivity index (χ3n) is 2.99. The summed E-state index contributed by atoms with van der Waals surface area (Å²) in [4.78, 5) is 2.12. The summed E-state index contributed by atoms with van der Waals surface area (Å²) in [6, 6.07) is 4.03. The molecule has 0 bridgehead atoms. The van der Waals surface area contributed by atoms with Gasteiger partial charge >= 0.3 is 7.62 Å². The van der Waals surface area contributed by atoms with Gasteiger partial charge in [-0.05, 0) is 42.4 Å². The molecule has 0 saturated carbocycles. The smallest absolute Gasteiger partial charge is 0.363 e. The molecule has 2 aromatic rings. The summed E-state index contributed by atoms with van der Waals surface area (Å²) in [6.45, 7) is 3.91. The Morgan fingerprint density at radius 1 is 1.47 bits per heavy atom. The van der Waals surface area contributed by atoms with Crippen molar-refractivity contribution in [3.05, 3.63) is 28.1 Å². The van der Waals surface area contributed by atoms with E-state index in [0.717, 1.165) is 23.8 Å². The minimum atomic E-state index is 0.644. The molecular formula is C13H18BClN2OS. The minimum Gasteiger partial charge on any atom is -0.427 e. The molecule has 102 valence electrons. The van der Waals surface area contributed by atoms with Crippen molar-refractivity contribution in [2.75, 3.05) is 32.6 Å². The Morgan fingerprint density at radius 2 is 2.26 bits per heavy atom. The predicted molar refractivity (Wildman–Crippen MR) is 86.8 cm³/mol. The van der Waals surface area contributed by atoms with Gasteiger partial charge in [0, 0.05) is 25.2 Å². The van der Waals surface area contributed by atoms with Crippen LogP contribution in [0.15, 0.2) is 17.5 Å². The molecule has 0 atom stereocenters. The third-order valence-corrected chi connectivity index (χ3v) is 4.36. The van der Waals surface area contributed by atoms with Crippen molar-refractivity contribution in [1.82, 2.24) is 4.81 Å². The quantitative estimate of drug-likeness (QED) is 0.829. The van der Waals surface area contributed by atoms with E-state index in [1.54, 1.807) is 18.4 Å². The zero-order chi connectivity index (χ0) is 13.8. The van der Waals surface area contributed by atoms with E-state index < -0.39 is 0 Å². The molecule has 1 aromatic carbocycles. The zero-order valence-corrected chi connectivity index (χ0v) is 13.1. The lowest BCUT2D eigenvalue weighted by Crippen LogP contribution is -2.29. The molecule has 0 spiro atoms. The number of nitrogens with zero attached hydrogens (tertiary/aromatic N) is 1. The molecule has 0 aliphatic carbocycles. The van der Waals surface area contributed by atoms with Gasteiger partial charge in [0.2, 0.25) is 0 Å². The van der Waals surface area contributed by atoms with E-state index in [-0.39, 0.29) is 0 Å². The highest BCUT2D eigenvalue weighted by Crippen LogP contribution is 2.34. The van der Waals surface area contributed by atoms with Gasteiger partial charge in [-0.25, -0.2) is 0 Å². The van der Waals surface area contributed by atoms with Gasteiger partial charge in [-0.2, -0.15) is 0 Å². The van der Waals surface area contributed by atoms with E-state index in [2.05, 4.69) is 22.4 Å². The maximum Gasteiger partial charge on any atom is 0.363 e. The molecular weight excluding hydrogens is 278 g/mol. The van der Waals surface area contributed by atoms with E-state index in [0.29, 0.717) is 7.62 Å². The highest BCUT2D eigenvalue weighted by Gasteiger charge is 2.08. The minimum absolute atomic E-state index is 0.644. The van der Waals surface area contributed by atoms with Crippen LogP contribution in [-0.2, 0) is 4.65 Å². The van der Waals surface area contributed by atoms with E-state index >= 15 is 0 Å². The Hall–Kier alpha value is -0.745. The SMILES string of the molecule is COBN(C)CCNc1cc(Cl)cc2c(C)csc12. The summed E-state index contributed by atoms with van der Waals surface area (Å²) in [6.07, 6.45) is 0. The molecule has 1 heterocycles. The molecule has 0 unspecified atom stereocenters. The number of benzene rings is 1. The second kappa shape index (κ2) is 6.61. The topological polar surface area (TPSA) is 24.5 Å². The Balaban J connectivity index is 2.08. The first-order chi connectivity index (χ1) is 9.11. The molecule has 0 aliphatic rings. The van der Waals surface area contributed by atoms with Crippen LogP contribution in [0.3, 0.4) is 0 Å². The van der Waals surface area contributed by atoms with Gasteiger partial charge in [-0.1, -0.05) is 11.6 Å². The number of likely N-dealkylation sites (N-methyl/N-ethyl adjacent to an activating group) is 1. The van der Waals surface area contributed by atoms with Crippen LogP contribution in [0.4, 0.5) is 5.69 Å². The number of hydrogen-bond donors (Lipinski definition) is 1. The Labute approximate surface area is 123 Å². The summed E-state index contributed by atoms with van der Waals surface area (Å²) in [5.74, 6) is 0. The Morgan fingerprint density at radius 3 is 3.00 bits per heavy atom. The lowest BCUT2D eigenvalue weighted by molar-refractivity contribution is 0.373. The molecule has 3 nitrogen and oxygen atoms in total. The monoisotopic (exact) mass is 296 g/mol. The fourth-order valence-electron chi connectivity index (χ4n) is 2.02. The lowest BCUT2D eigenvalue weighted by Gasteiger charge is -2.15. The fraction of sp³-hybridized carbons (Fsp3) is 0.385. The first-order valence-electron chi connectivity index (χ1n) is 6.20. The van der Waals surface area contributed by atoms with Crippen LogP contribution in [0.2, 0.25) is 5.02 Å². The van der Waals surface area contributed by atoms with Gasteiger partial charge in [0.05, 0.1) is 10.4 Å². The van der Waals surface area contributed by atoms with Crippen molar-refractivity contribution >= 4 is 46.3 Å². The molecule has 0 radical (unpaired) electrons. The van der Waals surface area contributed by atoms with Crippen molar-refractivity contribution in [2.45, 2.75) is 6.92 Å². The van der Waals surface area contributed by atoms with Gasteiger partial charge in [0.15, 0.2) is 0 Å². The number of rotatable bonds is 6. The average molecular weight is 297 g/mol. The summed E-state index contributed by atoms with van der Waals surface area (Å²) in [7, 11) is 4.39. The first-order valence-corrected chi connectivity index (χ1v) is 7.46. The van der Waals surface area contributed by atoms with Crippen molar-refractivity contribution in [3.8, 4) is 0 Å². The van der Waals surface area contributed by atoms with Crippen LogP contribution < -0.4 is 5.32 Å². The van der Waals surface area contributed by atoms with Crippen molar-refractivity contribution in [1.29, 1.82) is 0 Å². The molecule has 6 heteroatoms. The average Bonchev–Trinajstić information content (AvgIpc) is 2.71. The maximum absolute atomic E-state index is 6.18. The van der Waals surface area contributed by atoms with Gasteiger partial charge in [0.25, 0.3) is 0 Å². The Kier molecular flexibility index (Phi) is 5.10. The molecule has 0 amide bonds. The van der Waals surface area contributed by atoms with Crippen LogP contribution >= 0.6 is 22.9 Å². The summed E-state index contributed by atoms with van der Waals surface area (Å²) in [5.41, 5.74) is 2.40. The van der Waals surface area contributed by atoms with Gasteiger partial charge < -0.3 is 14.8 Å². The molecule has 0 fully saturated rings. The van der Waals surface area contributed by atoms with E-state index in [1.165, 1.54) is 15.6 Å². The summed E-state index contributed by atoms with van der Waals surface area (Å²) in [5, 5.41) is 7.65. The lowest BCUT2D eigenvalue weighted by atomic mass is 10.1. The van der Waals surface area contributed by atoms with Crippen LogP contribution in [0.1, 0.15) is 5.56 Å². The van der Waals surface area contributed by atoms with Crippen LogP contribution in [-0.4, -0.2) is 39.7 Å². The number of fused-ring (bicyclic) bond motifs is 1. The molecule has 2 rings (SSSR count). The molecule has 19 heavy (non-hydrogen) atoms. The summed E-state index contributed by atoms with van der Waals surface area (Å²) >= 11 is 7.94. The highest BCUT2D eigenvalue weighted by molar-refractivity contribution is 7.18. The highest BCUT2D eigenvalue weighted by atomic mass is 35.5. The van der Waals surface area contributed by atoms with E-state index in [1.807, 2.05) is 19.2 Å². The molecule has 0 saturated heterocycles. The number of anilines is 1. The standard InChI is InChI=1S/C13H18BClN2OS/c1-9-8-19-13-11(9)6-10(15)7-12(13)16-4-5-17(2)14-18-3/h6-8,14,16H,4-5H2,1-3H3. The fourth-order valence-corrected chi connectivity index (χ4v) is 3.27. The normalized spacial score (nSPS) is 11.2.